The van der Waals surface area contributed by atoms with Crippen LogP contribution in [-0.2, 0) is 0 Å². The summed E-state index contributed by atoms with van der Waals surface area (Å²) in [6.07, 6.45) is 0.0780. The number of aliphatic hydroxyl groups is 4. The van der Waals surface area contributed by atoms with Gasteiger partial charge in [-0.3, -0.25) is 0 Å². The quantitative estimate of drug-likeness (QED) is 0.545. The Bertz CT molecular complexity index is 241. The van der Waals surface area contributed by atoms with Crippen molar-refractivity contribution in [2.75, 3.05) is 0 Å². The van der Waals surface area contributed by atoms with E-state index in [2.05, 4.69) is 0 Å². The molecule has 0 spiro atoms. The van der Waals surface area contributed by atoms with E-state index in [4.69, 9.17) is 0 Å². The van der Waals surface area contributed by atoms with Crippen LogP contribution in [0.3, 0.4) is 0 Å². The first kappa shape index (κ1) is 18.8. The molecule has 0 fully saturated rings. The lowest BCUT2D eigenvalue weighted by atomic mass is 9.56. The molecule has 0 saturated heterocycles. The molecule has 4 unspecified atom stereocenters. The normalized spacial score (nSPS) is 24.9. The number of hydrogen-bond acceptors (Lipinski definition) is 4. The molecule has 4 atom stereocenters. The standard InChI is InChI=1S/C15H32O4/c1-7-13(5,18)15(9-11(3)16,10-12(4)17)14(6,19)8-2/h11-12,16-19H,7-10H2,1-6H3. The van der Waals surface area contributed by atoms with Crippen molar-refractivity contribution in [1.29, 1.82) is 0 Å². The Morgan fingerprint density at radius 3 is 1.21 bits per heavy atom. The fraction of sp³-hybridized carbons (Fsp3) is 1.00. The molecular weight excluding hydrogens is 244 g/mol. The van der Waals surface area contributed by atoms with E-state index in [1.54, 1.807) is 27.7 Å². The third kappa shape index (κ3) is 3.91. The van der Waals surface area contributed by atoms with E-state index >= 15 is 0 Å². The zero-order valence-electron chi connectivity index (χ0n) is 13.3. The summed E-state index contributed by atoms with van der Waals surface area (Å²) in [5.41, 5.74) is -3.28. The number of rotatable bonds is 8. The predicted octanol–water partition coefficient (Wildman–Crippen LogP) is 1.84. The molecule has 4 nitrogen and oxygen atoms in total. The maximum atomic E-state index is 10.8. The summed E-state index contributed by atoms with van der Waals surface area (Å²) in [4.78, 5) is 0. The molecule has 0 bridgehead atoms. The zero-order valence-corrected chi connectivity index (χ0v) is 13.3. The summed E-state index contributed by atoms with van der Waals surface area (Å²) in [7, 11) is 0. The largest absolute Gasteiger partial charge is 0.393 e. The molecule has 0 aliphatic heterocycles. The summed E-state index contributed by atoms with van der Waals surface area (Å²) in [6.45, 7) is 10.4. The molecule has 0 aromatic rings. The monoisotopic (exact) mass is 276 g/mol. The average Bonchev–Trinajstić information content (AvgIpc) is 2.26. The summed E-state index contributed by atoms with van der Waals surface area (Å²) in [5.74, 6) is 0. The lowest BCUT2D eigenvalue weighted by Gasteiger charge is -2.55. The van der Waals surface area contributed by atoms with Gasteiger partial charge in [-0.25, -0.2) is 0 Å². The van der Waals surface area contributed by atoms with Crippen LogP contribution >= 0.6 is 0 Å². The van der Waals surface area contributed by atoms with Crippen molar-refractivity contribution < 1.29 is 20.4 Å². The van der Waals surface area contributed by atoms with Gasteiger partial charge >= 0.3 is 0 Å². The Kier molecular flexibility index (Phi) is 6.47. The number of aliphatic hydroxyl groups excluding tert-OH is 2. The molecule has 116 valence electrons. The molecule has 0 aromatic heterocycles. The first-order valence-electron chi connectivity index (χ1n) is 7.26. The van der Waals surface area contributed by atoms with Gasteiger partial charge in [-0.1, -0.05) is 13.8 Å². The zero-order chi connectivity index (χ0) is 15.5. The molecule has 4 N–H and O–H groups in total. The average molecular weight is 276 g/mol. The van der Waals surface area contributed by atoms with Gasteiger partial charge in [-0.05, 0) is 53.4 Å². The van der Waals surface area contributed by atoms with Gasteiger partial charge in [0.2, 0.25) is 0 Å². The minimum atomic E-state index is -1.17. The van der Waals surface area contributed by atoms with Crippen molar-refractivity contribution in [2.24, 2.45) is 5.41 Å². The van der Waals surface area contributed by atoms with Gasteiger partial charge in [-0.15, -0.1) is 0 Å². The van der Waals surface area contributed by atoms with Gasteiger partial charge in [-0.2, -0.15) is 0 Å². The van der Waals surface area contributed by atoms with Crippen LogP contribution in [0.25, 0.3) is 0 Å². The van der Waals surface area contributed by atoms with E-state index in [1.807, 2.05) is 13.8 Å². The molecule has 0 aliphatic rings. The molecule has 4 heteroatoms. The van der Waals surface area contributed by atoms with Crippen molar-refractivity contribution in [1.82, 2.24) is 0 Å². The van der Waals surface area contributed by atoms with Crippen molar-refractivity contribution in [2.45, 2.75) is 90.6 Å². The second-order valence-electron chi connectivity index (χ2n) is 6.44. The molecule has 0 radical (unpaired) electrons. The molecule has 19 heavy (non-hydrogen) atoms. The highest BCUT2D eigenvalue weighted by molar-refractivity contribution is 5.07. The second-order valence-corrected chi connectivity index (χ2v) is 6.44. The van der Waals surface area contributed by atoms with Gasteiger partial charge in [0.25, 0.3) is 0 Å². The Morgan fingerprint density at radius 2 is 1.05 bits per heavy atom. The maximum absolute atomic E-state index is 10.8. The summed E-state index contributed by atoms with van der Waals surface area (Å²) in [6, 6.07) is 0. The molecule has 0 rings (SSSR count). The van der Waals surface area contributed by atoms with Gasteiger partial charge in [0.05, 0.1) is 23.4 Å². The fourth-order valence-corrected chi connectivity index (χ4v) is 3.23. The first-order chi connectivity index (χ1) is 8.45. The van der Waals surface area contributed by atoms with Crippen LogP contribution in [-0.4, -0.2) is 43.8 Å². The summed E-state index contributed by atoms with van der Waals surface area (Å²) >= 11 is 0. The van der Waals surface area contributed by atoms with Crippen LogP contribution in [0.5, 0.6) is 0 Å². The van der Waals surface area contributed by atoms with E-state index in [9.17, 15) is 20.4 Å². The molecule has 0 aliphatic carbocycles. The van der Waals surface area contributed by atoms with Gasteiger partial charge in [0.15, 0.2) is 0 Å². The Hall–Kier alpha value is -0.160. The van der Waals surface area contributed by atoms with E-state index in [-0.39, 0.29) is 12.8 Å². The van der Waals surface area contributed by atoms with Crippen LogP contribution in [0.2, 0.25) is 0 Å². The van der Waals surface area contributed by atoms with Crippen LogP contribution in [0.4, 0.5) is 0 Å². The highest BCUT2D eigenvalue weighted by atomic mass is 16.3. The van der Waals surface area contributed by atoms with Crippen molar-refractivity contribution >= 4 is 0 Å². The Labute approximate surface area is 117 Å². The van der Waals surface area contributed by atoms with Gasteiger partial charge in [0.1, 0.15) is 0 Å². The summed E-state index contributed by atoms with van der Waals surface area (Å²) < 4.78 is 0. The fourth-order valence-electron chi connectivity index (χ4n) is 3.23. The van der Waals surface area contributed by atoms with Crippen molar-refractivity contribution in [3.8, 4) is 0 Å². The molecule has 0 heterocycles. The van der Waals surface area contributed by atoms with Crippen molar-refractivity contribution in [3.05, 3.63) is 0 Å². The van der Waals surface area contributed by atoms with Gasteiger partial charge in [0, 0.05) is 5.41 Å². The van der Waals surface area contributed by atoms with Crippen molar-refractivity contribution in [3.63, 3.8) is 0 Å². The first-order valence-corrected chi connectivity index (χ1v) is 7.26. The van der Waals surface area contributed by atoms with Crippen LogP contribution in [0, 0.1) is 5.41 Å². The third-order valence-corrected chi connectivity index (χ3v) is 4.73. The van der Waals surface area contributed by atoms with Crippen LogP contribution < -0.4 is 0 Å². The Balaban J connectivity index is 5.86. The summed E-state index contributed by atoms with van der Waals surface area (Å²) in [5, 5.41) is 41.3. The van der Waals surface area contributed by atoms with E-state index in [0.717, 1.165) is 0 Å². The number of hydrogen-bond donors (Lipinski definition) is 4. The predicted molar refractivity (Wildman–Crippen MR) is 76.9 cm³/mol. The minimum Gasteiger partial charge on any atom is -0.393 e. The van der Waals surface area contributed by atoms with Crippen LogP contribution in [0.15, 0.2) is 0 Å². The molecule has 0 aromatic carbocycles. The van der Waals surface area contributed by atoms with E-state index < -0.39 is 28.8 Å². The van der Waals surface area contributed by atoms with E-state index in [0.29, 0.717) is 12.8 Å². The van der Waals surface area contributed by atoms with E-state index in [1.165, 1.54) is 0 Å². The SMILES string of the molecule is CCC(C)(O)C(CC(C)O)(CC(C)O)C(C)(O)CC. The molecule has 0 amide bonds. The highest BCUT2D eigenvalue weighted by Crippen LogP contribution is 2.51. The minimum absolute atomic E-state index is 0.250. The maximum Gasteiger partial charge on any atom is 0.0702 e. The van der Waals surface area contributed by atoms with Gasteiger partial charge < -0.3 is 20.4 Å². The smallest absolute Gasteiger partial charge is 0.0702 e. The lowest BCUT2D eigenvalue weighted by Crippen LogP contribution is -2.61. The van der Waals surface area contributed by atoms with Crippen LogP contribution in [0.1, 0.15) is 67.2 Å². The molecule has 0 saturated carbocycles. The molecular formula is C15H32O4. The topological polar surface area (TPSA) is 80.9 Å². The third-order valence-electron chi connectivity index (χ3n) is 4.73. The lowest BCUT2D eigenvalue weighted by molar-refractivity contribution is -0.211. The Morgan fingerprint density at radius 1 is 0.789 bits per heavy atom. The second kappa shape index (κ2) is 6.53. The highest BCUT2D eigenvalue weighted by Gasteiger charge is 2.57.